The average Bonchev–Trinajstić information content (AvgIpc) is 3.44. The molecule has 44 heavy (non-hydrogen) atoms. The van der Waals surface area contributed by atoms with Crippen molar-refractivity contribution in [2.24, 2.45) is 5.92 Å². The molecular formula is C42H44N2. The molecule has 0 saturated carbocycles. The number of rotatable bonds is 6. The van der Waals surface area contributed by atoms with Crippen LogP contribution in [-0.2, 0) is 0 Å². The van der Waals surface area contributed by atoms with Gasteiger partial charge in [0.2, 0.25) is 0 Å². The molecule has 1 heterocycles. The molecule has 2 aromatic carbocycles. The van der Waals surface area contributed by atoms with Gasteiger partial charge in [-0.15, -0.1) is 0 Å². The Hall–Kier alpha value is -4.04. The molecule has 1 aliphatic heterocycles. The molecule has 0 radical (unpaired) electrons. The normalized spacial score (nSPS) is 29.1. The third-order valence-corrected chi connectivity index (χ3v) is 10.8. The minimum absolute atomic E-state index is 0.378. The van der Waals surface area contributed by atoms with Gasteiger partial charge >= 0.3 is 0 Å². The topological polar surface area (TPSA) is 6.48 Å². The molecule has 2 heteroatoms. The Morgan fingerprint density at radius 2 is 1.45 bits per heavy atom. The van der Waals surface area contributed by atoms with Crippen LogP contribution in [0, 0.1) is 5.92 Å². The Morgan fingerprint density at radius 3 is 2.18 bits per heavy atom. The lowest BCUT2D eigenvalue weighted by Gasteiger charge is -2.41. The van der Waals surface area contributed by atoms with Crippen molar-refractivity contribution in [2.75, 3.05) is 4.90 Å². The van der Waals surface area contributed by atoms with Crippen LogP contribution in [0.5, 0.6) is 0 Å². The monoisotopic (exact) mass is 576 g/mol. The van der Waals surface area contributed by atoms with E-state index in [0.717, 1.165) is 25.7 Å². The number of allylic oxidation sites excluding steroid dienone is 8. The molecule has 0 spiro atoms. The molecule has 5 aliphatic carbocycles. The van der Waals surface area contributed by atoms with Gasteiger partial charge in [-0.1, -0.05) is 109 Å². The largest absolute Gasteiger partial charge is 0.361 e. The first kappa shape index (κ1) is 27.5. The third kappa shape index (κ3) is 5.19. The van der Waals surface area contributed by atoms with Gasteiger partial charge in [-0.05, 0) is 104 Å². The first-order chi connectivity index (χ1) is 21.8. The predicted octanol–water partition coefficient (Wildman–Crippen LogP) is 9.89. The summed E-state index contributed by atoms with van der Waals surface area (Å²) in [7, 11) is 0. The van der Waals surface area contributed by atoms with Gasteiger partial charge in [0.05, 0.1) is 12.1 Å². The van der Waals surface area contributed by atoms with E-state index in [1.54, 1.807) is 5.57 Å². The van der Waals surface area contributed by atoms with E-state index in [0.29, 0.717) is 30.1 Å². The highest BCUT2D eigenvalue weighted by atomic mass is 15.2. The maximum atomic E-state index is 2.78. The van der Waals surface area contributed by atoms with Gasteiger partial charge in [0.25, 0.3) is 0 Å². The molecule has 0 N–H and O–H groups in total. The SMILES string of the molecule is C1=CC2=C(CC1)C1C=CCCC1N2C1C=CC(C2=CCC(N(c3ccccc3)C3CC=C(c4ccccc4)CC3)C=C2)=CC1. The zero-order valence-electron chi connectivity index (χ0n) is 25.8. The predicted molar refractivity (Wildman–Crippen MR) is 185 cm³/mol. The van der Waals surface area contributed by atoms with Crippen LogP contribution in [0.2, 0.25) is 0 Å². The van der Waals surface area contributed by atoms with Crippen LogP contribution in [0.15, 0.2) is 150 Å². The Morgan fingerprint density at radius 1 is 0.659 bits per heavy atom. The van der Waals surface area contributed by atoms with Gasteiger partial charge in [-0.25, -0.2) is 0 Å². The standard InChI is InChI=1S/C42H44N2/c1-3-11-31(12-4-1)32-19-25-36(26-20-32)43(35-13-5-2-6-14-35)37-27-21-33(22-28-37)34-23-29-38(30-24-34)44-41-17-9-7-15-39(41)40-16-8-10-18-42(40)44/h1-7,10-15,18-19,21-24,27,29,36-39,41H,8-9,16-17,20,25-26,28,30H2. The fourth-order valence-electron chi connectivity index (χ4n) is 8.66. The molecule has 222 valence electrons. The molecule has 0 saturated heterocycles. The van der Waals surface area contributed by atoms with E-state index in [4.69, 9.17) is 0 Å². The minimum atomic E-state index is 0.378. The third-order valence-electron chi connectivity index (χ3n) is 10.8. The van der Waals surface area contributed by atoms with Crippen LogP contribution < -0.4 is 4.90 Å². The number of hydrogen-bond acceptors (Lipinski definition) is 2. The van der Waals surface area contributed by atoms with Crippen molar-refractivity contribution in [3.05, 3.63) is 155 Å². The second-order valence-corrected chi connectivity index (χ2v) is 13.3. The highest BCUT2D eigenvalue weighted by Gasteiger charge is 2.42. The van der Waals surface area contributed by atoms with Crippen molar-refractivity contribution in [1.82, 2.24) is 4.90 Å². The molecule has 0 amide bonds. The smallest absolute Gasteiger partial charge is 0.0514 e. The zero-order chi connectivity index (χ0) is 29.3. The molecule has 2 nitrogen and oxygen atoms in total. The molecule has 8 rings (SSSR count). The zero-order valence-corrected chi connectivity index (χ0v) is 25.8. The molecule has 5 unspecified atom stereocenters. The summed E-state index contributed by atoms with van der Waals surface area (Å²) in [5, 5.41) is 0. The number of anilines is 1. The molecule has 2 aromatic rings. The van der Waals surface area contributed by atoms with E-state index in [9.17, 15) is 0 Å². The van der Waals surface area contributed by atoms with Crippen LogP contribution in [0.1, 0.15) is 63.4 Å². The summed E-state index contributed by atoms with van der Waals surface area (Å²) in [6, 6.07) is 24.0. The van der Waals surface area contributed by atoms with E-state index in [-0.39, 0.29) is 0 Å². The van der Waals surface area contributed by atoms with Gasteiger partial charge < -0.3 is 9.80 Å². The van der Waals surface area contributed by atoms with Crippen molar-refractivity contribution in [2.45, 2.75) is 82.0 Å². The molecule has 6 aliphatic rings. The maximum Gasteiger partial charge on any atom is 0.0514 e. The Labute approximate surface area is 263 Å². The summed E-state index contributed by atoms with van der Waals surface area (Å²) in [5.74, 6) is 0.625. The maximum absolute atomic E-state index is 2.78. The fraction of sp³-hybridized carbons (Fsp3) is 0.333. The molecule has 5 atom stereocenters. The number of hydrogen-bond donors (Lipinski definition) is 0. The van der Waals surface area contributed by atoms with Crippen molar-refractivity contribution < 1.29 is 0 Å². The highest BCUT2D eigenvalue weighted by Crippen LogP contribution is 2.46. The lowest BCUT2D eigenvalue weighted by Crippen LogP contribution is -2.43. The summed E-state index contributed by atoms with van der Waals surface area (Å²) in [6.07, 6.45) is 37.5. The number of benzene rings is 2. The number of fused-ring (bicyclic) bond motifs is 2. The average molecular weight is 577 g/mol. The van der Waals surface area contributed by atoms with Crippen LogP contribution in [0.25, 0.3) is 5.57 Å². The fourth-order valence-corrected chi connectivity index (χ4v) is 8.66. The van der Waals surface area contributed by atoms with Crippen molar-refractivity contribution in [1.29, 1.82) is 0 Å². The lowest BCUT2D eigenvalue weighted by atomic mass is 9.84. The highest BCUT2D eigenvalue weighted by molar-refractivity contribution is 5.67. The number of para-hydroxylation sites is 1. The Bertz CT molecular complexity index is 1610. The van der Waals surface area contributed by atoms with Gasteiger partial charge in [0.1, 0.15) is 0 Å². The van der Waals surface area contributed by atoms with E-state index in [2.05, 4.69) is 137 Å². The molecular weight excluding hydrogens is 532 g/mol. The quantitative estimate of drug-likeness (QED) is 0.316. The second kappa shape index (κ2) is 12.2. The lowest BCUT2D eigenvalue weighted by molar-refractivity contribution is 0.205. The van der Waals surface area contributed by atoms with E-state index >= 15 is 0 Å². The first-order valence-corrected chi connectivity index (χ1v) is 17.0. The molecule has 0 fully saturated rings. The van der Waals surface area contributed by atoms with E-state index in [1.807, 2.05) is 0 Å². The van der Waals surface area contributed by atoms with Crippen LogP contribution in [-0.4, -0.2) is 29.1 Å². The van der Waals surface area contributed by atoms with E-state index in [1.165, 1.54) is 65.8 Å². The van der Waals surface area contributed by atoms with E-state index < -0.39 is 0 Å². The molecule has 0 bridgehead atoms. The summed E-state index contributed by atoms with van der Waals surface area (Å²) in [5.41, 5.74) is 10.2. The van der Waals surface area contributed by atoms with Crippen LogP contribution in [0.3, 0.4) is 0 Å². The van der Waals surface area contributed by atoms with Gasteiger partial charge in [-0.3, -0.25) is 0 Å². The summed E-state index contributed by atoms with van der Waals surface area (Å²) < 4.78 is 0. The number of nitrogens with zero attached hydrogens (tertiary/aromatic N) is 2. The summed E-state index contributed by atoms with van der Waals surface area (Å²) in [4.78, 5) is 5.48. The van der Waals surface area contributed by atoms with Crippen molar-refractivity contribution in [3.8, 4) is 0 Å². The summed E-state index contributed by atoms with van der Waals surface area (Å²) >= 11 is 0. The Balaban J connectivity index is 0.968. The van der Waals surface area contributed by atoms with Gasteiger partial charge in [-0.2, -0.15) is 0 Å². The van der Waals surface area contributed by atoms with Gasteiger partial charge in [0.15, 0.2) is 0 Å². The molecule has 0 aromatic heterocycles. The second-order valence-electron chi connectivity index (χ2n) is 13.3. The van der Waals surface area contributed by atoms with Crippen molar-refractivity contribution in [3.63, 3.8) is 0 Å². The van der Waals surface area contributed by atoms with Crippen LogP contribution >= 0.6 is 0 Å². The first-order valence-electron chi connectivity index (χ1n) is 17.0. The summed E-state index contributed by atoms with van der Waals surface area (Å²) in [6.45, 7) is 0. The minimum Gasteiger partial charge on any atom is -0.361 e. The van der Waals surface area contributed by atoms with Gasteiger partial charge in [0, 0.05) is 29.4 Å². The Kier molecular flexibility index (Phi) is 7.60. The van der Waals surface area contributed by atoms with Crippen molar-refractivity contribution >= 4 is 11.3 Å². The van der Waals surface area contributed by atoms with Crippen LogP contribution in [0.4, 0.5) is 5.69 Å².